The summed E-state index contributed by atoms with van der Waals surface area (Å²) in [4.78, 5) is 14.6. The van der Waals surface area contributed by atoms with Gasteiger partial charge in [0.1, 0.15) is 0 Å². The zero-order chi connectivity index (χ0) is 25.5. The van der Waals surface area contributed by atoms with Gasteiger partial charge in [0, 0.05) is 16.7 Å². The first-order valence-corrected chi connectivity index (χ1v) is 12.4. The number of nitriles is 1. The Morgan fingerprint density at radius 1 is 0.421 bits per heavy atom. The Balaban J connectivity index is 1.45. The monoisotopic (exact) mass is 484 g/mol. The fourth-order valence-electron chi connectivity index (χ4n) is 5.00. The standard InChI is InChI=1S/C34H20N4/c35-21-22-10-12-26(13-11-22)33-36-32(25-7-2-1-3-8-25)37-34(38-33)27-15-14-24-17-18-29-28-9-5-4-6-23(28)16-19-30(29)31(24)20-27/h1-20H. The van der Waals surface area contributed by atoms with Gasteiger partial charge in [0.05, 0.1) is 11.6 Å². The second-order valence-corrected chi connectivity index (χ2v) is 9.24. The van der Waals surface area contributed by atoms with Crippen LogP contribution in [-0.2, 0) is 0 Å². The molecule has 4 heteroatoms. The summed E-state index contributed by atoms with van der Waals surface area (Å²) in [6.07, 6.45) is 0. The number of benzene rings is 6. The number of fused-ring (bicyclic) bond motifs is 5. The minimum atomic E-state index is 0.572. The molecule has 0 atom stereocenters. The molecule has 0 aliphatic carbocycles. The van der Waals surface area contributed by atoms with Crippen LogP contribution in [0.5, 0.6) is 0 Å². The normalized spacial score (nSPS) is 11.1. The van der Waals surface area contributed by atoms with Crippen molar-refractivity contribution in [3.63, 3.8) is 0 Å². The van der Waals surface area contributed by atoms with E-state index in [0.717, 1.165) is 22.1 Å². The molecule has 1 aromatic heterocycles. The molecule has 0 fully saturated rings. The first kappa shape index (κ1) is 21.8. The van der Waals surface area contributed by atoms with Gasteiger partial charge < -0.3 is 0 Å². The topological polar surface area (TPSA) is 62.5 Å². The maximum Gasteiger partial charge on any atom is 0.164 e. The third-order valence-electron chi connectivity index (χ3n) is 6.94. The molecule has 0 saturated heterocycles. The van der Waals surface area contributed by atoms with Gasteiger partial charge in [0.2, 0.25) is 0 Å². The number of hydrogen-bond donors (Lipinski definition) is 0. The lowest BCUT2D eigenvalue weighted by atomic mass is 9.96. The van der Waals surface area contributed by atoms with E-state index in [-0.39, 0.29) is 0 Å². The smallest absolute Gasteiger partial charge is 0.164 e. The molecule has 7 aromatic rings. The summed E-state index contributed by atoms with van der Waals surface area (Å²) in [5, 5.41) is 16.4. The molecule has 0 bridgehead atoms. The van der Waals surface area contributed by atoms with Crippen molar-refractivity contribution in [2.45, 2.75) is 0 Å². The van der Waals surface area contributed by atoms with E-state index in [1.165, 1.54) is 26.9 Å². The summed E-state index contributed by atoms with van der Waals surface area (Å²) < 4.78 is 0. The van der Waals surface area contributed by atoms with Crippen molar-refractivity contribution in [3.05, 3.63) is 127 Å². The molecule has 7 rings (SSSR count). The van der Waals surface area contributed by atoms with E-state index < -0.39 is 0 Å². The van der Waals surface area contributed by atoms with Gasteiger partial charge in [-0.05, 0) is 62.6 Å². The summed E-state index contributed by atoms with van der Waals surface area (Å²) in [6.45, 7) is 0. The van der Waals surface area contributed by atoms with Gasteiger partial charge >= 0.3 is 0 Å². The largest absolute Gasteiger partial charge is 0.208 e. The van der Waals surface area contributed by atoms with Crippen molar-refractivity contribution in [1.82, 2.24) is 15.0 Å². The molecular formula is C34H20N4. The molecule has 176 valence electrons. The molecule has 0 unspecified atom stereocenters. The lowest BCUT2D eigenvalue weighted by Gasteiger charge is -2.11. The summed E-state index contributed by atoms with van der Waals surface area (Å²) in [5.41, 5.74) is 3.28. The van der Waals surface area contributed by atoms with Crippen LogP contribution in [0.15, 0.2) is 121 Å². The van der Waals surface area contributed by atoms with E-state index >= 15 is 0 Å². The molecule has 1 heterocycles. The molecule has 0 aliphatic heterocycles. The zero-order valence-corrected chi connectivity index (χ0v) is 20.3. The number of rotatable bonds is 3. The van der Waals surface area contributed by atoms with Gasteiger partial charge in [-0.25, -0.2) is 15.0 Å². The van der Waals surface area contributed by atoms with Crippen molar-refractivity contribution >= 4 is 32.3 Å². The van der Waals surface area contributed by atoms with Crippen LogP contribution in [-0.4, -0.2) is 15.0 Å². The van der Waals surface area contributed by atoms with Crippen molar-refractivity contribution in [2.75, 3.05) is 0 Å². The van der Waals surface area contributed by atoms with Crippen LogP contribution in [0.1, 0.15) is 5.56 Å². The second-order valence-electron chi connectivity index (χ2n) is 9.24. The van der Waals surface area contributed by atoms with E-state index in [4.69, 9.17) is 15.0 Å². The maximum atomic E-state index is 9.21. The molecule has 6 aromatic carbocycles. The van der Waals surface area contributed by atoms with E-state index in [9.17, 15) is 5.26 Å². The Bertz CT molecular complexity index is 2020. The van der Waals surface area contributed by atoms with Crippen LogP contribution in [0.25, 0.3) is 66.5 Å². The van der Waals surface area contributed by atoms with E-state index in [1.54, 1.807) is 12.1 Å². The summed E-state index contributed by atoms with van der Waals surface area (Å²) in [7, 11) is 0. The fourth-order valence-corrected chi connectivity index (χ4v) is 5.00. The van der Waals surface area contributed by atoms with Gasteiger partial charge in [0.25, 0.3) is 0 Å². The van der Waals surface area contributed by atoms with Crippen molar-refractivity contribution < 1.29 is 0 Å². The number of nitrogens with zero attached hydrogens (tertiary/aromatic N) is 4. The molecule has 0 amide bonds. The third kappa shape index (κ3) is 3.75. The van der Waals surface area contributed by atoms with Crippen LogP contribution >= 0.6 is 0 Å². The van der Waals surface area contributed by atoms with Crippen molar-refractivity contribution in [3.8, 4) is 40.2 Å². The van der Waals surface area contributed by atoms with Crippen LogP contribution < -0.4 is 0 Å². The molecule has 0 radical (unpaired) electrons. The van der Waals surface area contributed by atoms with Gasteiger partial charge in [-0.2, -0.15) is 5.26 Å². The second kappa shape index (κ2) is 8.92. The van der Waals surface area contributed by atoms with E-state index in [0.29, 0.717) is 23.0 Å². The predicted molar refractivity (Wildman–Crippen MR) is 153 cm³/mol. The first-order valence-electron chi connectivity index (χ1n) is 12.4. The highest BCUT2D eigenvalue weighted by atomic mass is 15.0. The molecule has 0 N–H and O–H groups in total. The van der Waals surface area contributed by atoms with Gasteiger partial charge in [-0.15, -0.1) is 0 Å². The molecule has 0 aliphatic rings. The third-order valence-corrected chi connectivity index (χ3v) is 6.94. The highest BCUT2D eigenvalue weighted by molar-refractivity contribution is 6.17. The number of aromatic nitrogens is 3. The van der Waals surface area contributed by atoms with E-state index in [1.807, 2.05) is 42.5 Å². The molecule has 4 nitrogen and oxygen atoms in total. The lowest BCUT2D eigenvalue weighted by molar-refractivity contribution is 1.07. The van der Waals surface area contributed by atoms with Crippen LogP contribution in [0.2, 0.25) is 0 Å². The lowest BCUT2D eigenvalue weighted by Crippen LogP contribution is -2.00. The average Bonchev–Trinajstić information content (AvgIpc) is 3.00. The van der Waals surface area contributed by atoms with Gasteiger partial charge in [-0.1, -0.05) is 91.0 Å². The highest BCUT2D eigenvalue weighted by Gasteiger charge is 2.14. The quantitative estimate of drug-likeness (QED) is 0.237. The molecule has 0 spiro atoms. The fraction of sp³-hybridized carbons (Fsp3) is 0. The predicted octanol–water partition coefficient (Wildman–Crippen LogP) is 8.20. The molecular weight excluding hydrogens is 464 g/mol. The van der Waals surface area contributed by atoms with Gasteiger partial charge in [-0.3, -0.25) is 0 Å². The molecule has 0 saturated carbocycles. The minimum absolute atomic E-state index is 0.572. The Labute approximate surface area is 219 Å². The Morgan fingerprint density at radius 2 is 0.947 bits per heavy atom. The van der Waals surface area contributed by atoms with E-state index in [2.05, 4.69) is 72.8 Å². The summed E-state index contributed by atoms with van der Waals surface area (Å²) in [6, 6.07) is 43.1. The summed E-state index contributed by atoms with van der Waals surface area (Å²) in [5.74, 6) is 1.79. The van der Waals surface area contributed by atoms with Crippen LogP contribution in [0.3, 0.4) is 0 Å². The Morgan fingerprint density at radius 3 is 1.66 bits per heavy atom. The van der Waals surface area contributed by atoms with Gasteiger partial charge in [0.15, 0.2) is 17.5 Å². The Hall–Kier alpha value is -5.40. The van der Waals surface area contributed by atoms with Crippen LogP contribution in [0.4, 0.5) is 0 Å². The highest BCUT2D eigenvalue weighted by Crippen LogP contribution is 2.34. The molecule has 38 heavy (non-hydrogen) atoms. The van der Waals surface area contributed by atoms with Crippen molar-refractivity contribution in [1.29, 1.82) is 5.26 Å². The number of hydrogen-bond acceptors (Lipinski definition) is 4. The average molecular weight is 485 g/mol. The SMILES string of the molecule is N#Cc1ccc(-c2nc(-c3ccccc3)nc(-c3ccc4ccc5c6ccccc6ccc5c4c3)n2)cc1. The Kier molecular flexibility index (Phi) is 5.13. The van der Waals surface area contributed by atoms with Crippen LogP contribution in [0, 0.1) is 11.3 Å². The first-order chi connectivity index (χ1) is 18.8. The minimum Gasteiger partial charge on any atom is -0.208 e. The zero-order valence-electron chi connectivity index (χ0n) is 20.3. The maximum absolute atomic E-state index is 9.21. The summed E-state index contributed by atoms with van der Waals surface area (Å²) >= 11 is 0. The van der Waals surface area contributed by atoms with Crippen molar-refractivity contribution in [2.24, 2.45) is 0 Å².